The second-order valence-corrected chi connectivity index (χ2v) is 6.78. The van der Waals surface area contributed by atoms with Gasteiger partial charge in [0.25, 0.3) is 0 Å². The molecular formula is C16H22BNO2. The summed E-state index contributed by atoms with van der Waals surface area (Å²) in [6.45, 7) is 10.5. The van der Waals surface area contributed by atoms with Crippen LogP contribution in [0.1, 0.15) is 33.3 Å². The molecule has 0 aliphatic carbocycles. The van der Waals surface area contributed by atoms with E-state index >= 15 is 0 Å². The summed E-state index contributed by atoms with van der Waals surface area (Å²) in [5.41, 5.74) is 2.95. The molecule has 1 aromatic heterocycles. The summed E-state index contributed by atoms with van der Waals surface area (Å²) in [6.07, 6.45) is 2.08. The van der Waals surface area contributed by atoms with Gasteiger partial charge in [0.2, 0.25) is 0 Å². The van der Waals surface area contributed by atoms with Crippen LogP contribution in [0.5, 0.6) is 0 Å². The second kappa shape index (κ2) is 4.12. The minimum absolute atomic E-state index is 0.292. The zero-order valence-electron chi connectivity index (χ0n) is 13.2. The van der Waals surface area contributed by atoms with Crippen molar-refractivity contribution < 1.29 is 9.31 Å². The van der Waals surface area contributed by atoms with E-state index in [1.165, 1.54) is 16.5 Å². The lowest BCUT2D eigenvalue weighted by molar-refractivity contribution is 0.00578. The normalized spacial score (nSPS) is 20.8. The lowest BCUT2D eigenvalue weighted by atomic mass is 9.76. The third-order valence-electron chi connectivity index (χ3n) is 4.78. The van der Waals surface area contributed by atoms with Crippen LogP contribution in [-0.2, 0) is 16.4 Å². The summed E-state index contributed by atoms with van der Waals surface area (Å²) < 4.78 is 14.5. The van der Waals surface area contributed by atoms with Crippen molar-refractivity contribution >= 4 is 23.5 Å². The molecule has 20 heavy (non-hydrogen) atoms. The Kier molecular flexibility index (Phi) is 2.83. The fourth-order valence-corrected chi connectivity index (χ4v) is 2.67. The Balaban J connectivity index is 2.07. The first-order valence-electron chi connectivity index (χ1n) is 7.12. The maximum Gasteiger partial charge on any atom is 0.495 e. The van der Waals surface area contributed by atoms with Crippen molar-refractivity contribution in [2.75, 3.05) is 0 Å². The number of hydrogen-bond acceptors (Lipinski definition) is 2. The molecule has 0 unspecified atom stereocenters. The molecule has 1 aliphatic heterocycles. The lowest BCUT2D eigenvalue weighted by Gasteiger charge is -2.32. The quantitative estimate of drug-likeness (QED) is 0.744. The molecular weight excluding hydrogens is 249 g/mol. The van der Waals surface area contributed by atoms with Crippen LogP contribution in [0.15, 0.2) is 24.4 Å². The molecule has 0 atom stereocenters. The topological polar surface area (TPSA) is 23.4 Å². The fraction of sp³-hybridized carbons (Fsp3) is 0.500. The van der Waals surface area contributed by atoms with Gasteiger partial charge < -0.3 is 13.9 Å². The maximum atomic E-state index is 6.16. The van der Waals surface area contributed by atoms with Crippen molar-refractivity contribution in [3.05, 3.63) is 30.0 Å². The molecule has 2 heterocycles. The number of nitrogens with zero attached hydrogens (tertiary/aromatic N) is 1. The molecule has 3 rings (SSSR count). The minimum atomic E-state index is -0.298. The zero-order valence-corrected chi connectivity index (χ0v) is 13.2. The Hall–Kier alpha value is -1.26. The van der Waals surface area contributed by atoms with Crippen molar-refractivity contribution in [3.8, 4) is 0 Å². The van der Waals surface area contributed by atoms with Crippen LogP contribution in [0.4, 0.5) is 0 Å². The van der Waals surface area contributed by atoms with Gasteiger partial charge in [0.05, 0.1) is 11.2 Å². The first-order chi connectivity index (χ1) is 9.21. The molecule has 1 saturated heterocycles. The van der Waals surface area contributed by atoms with Crippen LogP contribution >= 0.6 is 0 Å². The molecule has 0 saturated carbocycles. The minimum Gasteiger partial charge on any atom is -0.399 e. The van der Waals surface area contributed by atoms with Crippen LogP contribution < -0.4 is 5.46 Å². The van der Waals surface area contributed by atoms with E-state index in [1.54, 1.807) is 0 Å². The third-order valence-corrected chi connectivity index (χ3v) is 4.78. The number of hydrogen-bond donors (Lipinski definition) is 0. The van der Waals surface area contributed by atoms with Crippen molar-refractivity contribution in [2.45, 2.75) is 45.8 Å². The van der Waals surface area contributed by atoms with Crippen LogP contribution in [-0.4, -0.2) is 22.9 Å². The predicted molar refractivity (Wildman–Crippen MR) is 83.4 cm³/mol. The lowest BCUT2D eigenvalue weighted by Crippen LogP contribution is -2.41. The van der Waals surface area contributed by atoms with Crippen molar-refractivity contribution in [1.82, 2.24) is 4.57 Å². The van der Waals surface area contributed by atoms with E-state index in [1.807, 2.05) is 0 Å². The zero-order chi connectivity index (χ0) is 14.7. The van der Waals surface area contributed by atoms with Crippen LogP contribution in [0.25, 0.3) is 10.9 Å². The molecule has 0 radical (unpaired) electrons. The van der Waals surface area contributed by atoms with Gasteiger partial charge in [0, 0.05) is 18.8 Å². The molecule has 0 spiro atoms. The highest BCUT2D eigenvalue weighted by Crippen LogP contribution is 2.36. The van der Waals surface area contributed by atoms with E-state index in [4.69, 9.17) is 9.31 Å². The standard InChI is InChI=1S/C16H22BNO2/c1-11-9-12-7-8-18(6)14(12)10-13(11)17-19-15(2,3)16(4,5)20-17/h7-10H,1-6H3. The first-order valence-corrected chi connectivity index (χ1v) is 7.12. The summed E-state index contributed by atoms with van der Waals surface area (Å²) >= 11 is 0. The molecule has 3 nitrogen and oxygen atoms in total. The van der Waals surface area contributed by atoms with Crippen molar-refractivity contribution in [3.63, 3.8) is 0 Å². The summed E-state index contributed by atoms with van der Waals surface area (Å²) in [7, 11) is 1.77. The van der Waals surface area contributed by atoms with Crippen LogP contribution in [0.3, 0.4) is 0 Å². The average Bonchev–Trinajstić information content (AvgIpc) is 2.77. The third kappa shape index (κ3) is 1.90. The van der Waals surface area contributed by atoms with E-state index in [-0.39, 0.29) is 18.3 Å². The van der Waals surface area contributed by atoms with Gasteiger partial charge in [-0.25, -0.2) is 0 Å². The highest BCUT2D eigenvalue weighted by atomic mass is 16.7. The van der Waals surface area contributed by atoms with E-state index in [0.717, 1.165) is 5.46 Å². The Morgan fingerprint density at radius 1 is 1.05 bits per heavy atom. The molecule has 106 valence electrons. The summed E-state index contributed by atoms with van der Waals surface area (Å²) in [4.78, 5) is 0. The molecule has 0 N–H and O–H groups in total. The Bertz CT molecular complexity index is 656. The number of fused-ring (bicyclic) bond motifs is 1. The average molecular weight is 271 g/mol. The predicted octanol–water partition coefficient (Wildman–Crippen LogP) is 2.79. The first kappa shape index (κ1) is 13.7. The molecule has 1 fully saturated rings. The van der Waals surface area contributed by atoms with Gasteiger partial charge in [0.15, 0.2) is 0 Å². The largest absolute Gasteiger partial charge is 0.495 e. The number of rotatable bonds is 1. The second-order valence-electron chi connectivity index (χ2n) is 6.78. The highest BCUT2D eigenvalue weighted by Gasteiger charge is 2.52. The highest BCUT2D eigenvalue weighted by molar-refractivity contribution is 6.63. The van der Waals surface area contributed by atoms with Crippen molar-refractivity contribution in [1.29, 1.82) is 0 Å². The van der Waals surface area contributed by atoms with E-state index in [0.29, 0.717) is 0 Å². The van der Waals surface area contributed by atoms with Gasteiger partial charge in [-0.15, -0.1) is 0 Å². The van der Waals surface area contributed by atoms with Crippen LogP contribution in [0.2, 0.25) is 0 Å². The molecule has 1 aromatic carbocycles. The van der Waals surface area contributed by atoms with E-state index in [9.17, 15) is 0 Å². The van der Waals surface area contributed by atoms with Gasteiger partial charge in [-0.2, -0.15) is 0 Å². The molecule has 4 heteroatoms. The summed E-state index contributed by atoms with van der Waals surface area (Å²) in [5.74, 6) is 0. The van der Waals surface area contributed by atoms with E-state index in [2.05, 4.69) is 70.6 Å². The molecule has 2 aromatic rings. The van der Waals surface area contributed by atoms with Crippen molar-refractivity contribution in [2.24, 2.45) is 7.05 Å². The Morgan fingerprint density at radius 2 is 1.65 bits per heavy atom. The number of aromatic nitrogens is 1. The Labute approximate surface area is 121 Å². The van der Waals surface area contributed by atoms with Gasteiger partial charge in [-0.3, -0.25) is 0 Å². The summed E-state index contributed by atoms with van der Waals surface area (Å²) in [6, 6.07) is 6.53. The SMILES string of the molecule is Cc1cc2ccn(C)c2cc1B1OC(C)(C)C(C)(C)O1. The molecule has 1 aliphatic rings. The summed E-state index contributed by atoms with van der Waals surface area (Å²) in [5, 5.41) is 1.25. The number of aryl methyl sites for hydroxylation is 2. The van der Waals surface area contributed by atoms with Gasteiger partial charge >= 0.3 is 7.12 Å². The fourth-order valence-electron chi connectivity index (χ4n) is 2.67. The molecule has 0 amide bonds. The van der Waals surface area contributed by atoms with Gasteiger partial charge in [-0.05, 0) is 57.6 Å². The monoisotopic (exact) mass is 271 g/mol. The van der Waals surface area contributed by atoms with Gasteiger partial charge in [0.1, 0.15) is 0 Å². The van der Waals surface area contributed by atoms with Gasteiger partial charge in [-0.1, -0.05) is 11.6 Å². The van der Waals surface area contributed by atoms with Crippen LogP contribution in [0, 0.1) is 6.92 Å². The molecule has 0 bridgehead atoms. The maximum absolute atomic E-state index is 6.16. The van der Waals surface area contributed by atoms with E-state index < -0.39 is 0 Å². The Morgan fingerprint density at radius 3 is 2.25 bits per heavy atom. The number of benzene rings is 1. The smallest absolute Gasteiger partial charge is 0.399 e.